The van der Waals surface area contributed by atoms with Crippen LogP contribution in [0.4, 0.5) is 0 Å². The molecule has 0 aliphatic heterocycles. The maximum atomic E-state index is 11.8. The number of hydrogen-bond donors (Lipinski definition) is 0. The van der Waals surface area contributed by atoms with Gasteiger partial charge in [-0.1, -0.05) is 42.5 Å². The van der Waals surface area contributed by atoms with Gasteiger partial charge in [-0.25, -0.2) is 4.79 Å². The van der Waals surface area contributed by atoms with Gasteiger partial charge >= 0.3 is 5.97 Å². The number of carbonyl (C=O) groups is 1. The summed E-state index contributed by atoms with van der Waals surface area (Å²) in [5.41, 5.74) is 1.94. The highest BCUT2D eigenvalue weighted by Gasteiger charge is 2.12. The third-order valence-electron chi connectivity index (χ3n) is 2.70. The Morgan fingerprint density at radius 2 is 1.80 bits per heavy atom. The Morgan fingerprint density at radius 1 is 1.05 bits per heavy atom. The molecule has 0 spiro atoms. The zero-order valence-corrected chi connectivity index (χ0v) is 11.5. The second-order valence-corrected chi connectivity index (χ2v) is 4.33. The molecule has 3 heteroatoms. The standard InChI is InChI=1S/C17H16O3/c1-13-7-6-10-15(11-13)20-16(17(18)19-2)12-14-8-4-3-5-9-14/h3-12H,1-2H3/b16-12-. The Kier molecular flexibility index (Phi) is 4.56. The summed E-state index contributed by atoms with van der Waals surface area (Å²) in [6.45, 7) is 1.96. The van der Waals surface area contributed by atoms with Crippen molar-refractivity contribution in [3.05, 3.63) is 71.5 Å². The van der Waals surface area contributed by atoms with Crippen LogP contribution in [0.5, 0.6) is 5.75 Å². The average molecular weight is 268 g/mol. The van der Waals surface area contributed by atoms with E-state index in [-0.39, 0.29) is 5.76 Å². The molecule has 0 radical (unpaired) electrons. The van der Waals surface area contributed by atoms with E-state index in [1.165, 1.54) is 7.11 Å². The van der Waals surface area contributed by atoms with Gasteiger partial charge in [0.1, 0.15) is 5.75 Å². The van der Waals surface area contributed by atoms with E-state index in [2.05, 4.69) is 0 Å². The van der Waals surface area contributed by atoms with Gasteiger partial charge in [0.25, 0.3) is 0 Å². The number of carbonyl (C=O) groups excluding carboxylic acids is 1. The first-order chi connectivity index (χ1) is 9.69. The third-order valence-corrected chi connectivity index (χ3v) is 2.70. The minimum Gasteiger partial charge on any atom is -0.463 e. The number of hydrogen-bond acceptors (Lipinski definition) is 3. The monoisotopic (exact) mass is 268 g/mol. The summed E-state index contributed by atoms with van der Waals surface area (Å²) >= 11 is 0. The second kappa shape index (κ2) is 6.57. The Labute approximate surface area is 118 Å². The van der Waals surface area contributed by atoms with E-state index in [1.54, 1.807) is 12.1 Å². The lowest BCUT2D eigenvalue weighted by atomic mass is 10.2. The van der Waals surface area contributed by atoms with Crippen LogP contribution in [-0.2, 0) is 9.53 Å². The molecule has 20 heavy (non-hydrogen) atoms. The lowest BCUT2D eigenvalue weighted by Crippen LogP contribution is -2.10. The normalized spacial score (nSPS) is 11.0. The predicted molar refractivity (Wildman–Crippen MR) is 78.2 cm³/mol. The van der Waals surface area contributed by atoms with E-state index in [9.17, 15) is 4.79 Å². The number of benzene rings is 2. The molecule has 2 aromatic rings. The van der Waals surface area contributed by atoms with Crippen LogP contribution in [0.3, 0.4) is 0 Å². The summed E-state index contributed by atoms with van der Waals surface area (Å²) in [6, 6.07) is 17.0. The van der Waals surface area contributed by atoms with Crippen molar-refractivity contribution in [2.45, 2.75) is 6.92 Å². The molecule has 0 amide bonds. The van der Waals surface area contributed by atoms with Crippen LogP contribution in [-0.4, -0.2) is 13.1 Å². The van der Waals surface area contributed by atoms with E-state index >= 15 is 0 Å². The molecule has 0 aliphatic carbocycles. The Morgan fingerprint density at radius 3 is 2.45 bits per heavy atom. The zero-order valence-electron chi connectivity index (χ0n) is 11.5. The molecule has 0 saturated heterocycles. The second-order valence-electron chi connectivity index (χ2n) is 4.33. The van der Waals surface area contributed by atoms with Gasteiger partial charge in [-0.05, 0) is 36.3 Å². The van der Waals surface area contributed by atoms with Crippen LogP contribution in [0, 0.1) is 6.92 Å². The fourth-order valence-corrected chi connectivity index (χ4v) is 1.74. The molecule has 3 nitrogen and oxygen atoms in total. The molecule has 0 N–H and O–H groups in total. The minimum absolute atomic E-state index is 0.157. The van der Waals surface area contributed by atoms with E-state index in [4.69, 9.17) is 9.47 Å². The molecule has 0 aliphatic rings. The summed E-state index contributed by atoms with van der Waals surface area (Å²) in [6.07, 6.45) is 1.66. The first kappa shape index (κ1) is 13.9. The summed E-state index contributed by atoms with van der Waals surface area (Å²) in [5.74, 6) is 0.261. The van der Waals surface area contributed by atoms with Crippen LogP contribution >= 0.6 is 0 Å². The van der Waals surface area contributed by atoms with Crippen molar-refractivity contribution in [3.8, 4) is 5.75 Å². The molecule has 0 heterocycles. The highest BCUT2D eigenvalue weighted by atomic mass is 16.6. The van der Waals surface area contributed by atoms with Gasteiger partial charge in [-0.15, -0.1) is 0 Å². The van der Waals surface area contributed by atoms with E-state index < -0.39 is 5.97 Å². The summed E-state index contributed by atoms with van der Waals surface area (Å²) in [5, 5.41) is 0. The van der Waals surface area contributed by atoms with Gasteiger partial charge in [-0.3, -0.25) is 0 Å². The van der Waals surface area contributed by atoms with Gasteiger partial charge < -0.3 is 9.47 Å². The summed E-state index contributed by atoms with van der Waals surface area (Å²) < 4.78 is 10.4. The van der Waals surface area contributed by atoms with Crippen LogP contribution in [0.25, 0.3) is 6.08 Å². The lowest BCUT2D eigenvalue weighted by molar-refractivity contribution is -0.138. The molecule has 0 atom stereocenters. The minimum atomic E-state index is -0.504. The first-order valence-electron chi connectivity index (χ1n) is 6.28. The molecule has 0 saturated carbocycles. The number of esters is 1. The Hall–Kier alpha value is -2.55. The largest absolute Gasteiger partial charge is 0.463 e. The lowest BCUT2D eigenvalue weighted by Gasteiger charge is -2.09. The molecule has 0 aromatic heterocycles. The SMILES string of the molecule is COC(=O)/C(=C/c1ccccc1)Oc1cccc(C)c1. The van der Waals surface area contributed by atoms with Crippen LogP contribution in [0.15, 0.2) is 60.4 Å². The molecule has 0 bridgehead atoms. The van der Waals surface area contributed by atoms with Crippen LogP contribution < -0.4 is 4.74 Å². The molecule has 0 fully saturated rings. The first-order valence-corrected chi connectivity index (χ1v) is 6.28. The van der Waals surface area contributed by atoms with Gasteiger partial charge in [0.15, 0.2) is 0 Å². The maximum absolute atomic E-state index is 11.8. The molecule has 2 rings (SSSR count). The molecule has 2 aromatic carbocycles. The zero-order chi connectivity index (χ0) is 14.4. The van der Waals surface area contributed by atoms with E-state index in [0.717, 1.165) is 11.1 Å². The maximum Gasteiger partial charge on any atom is 0.373 e. The topological polar surface area (TPSA) is 35.5 Å². The van der Waals surface area contributed by atoms with E-state index in [0.29, 0.717) is 5.75 Å². The highest BCUT2D eigenvalue weighted by Crippen LogP contribution is 2.18. The Balaban J connectivity index is 2.29. The molecule has 0 unspecified atom stereocenters. The van der Waals surface area contributed by atoms with Gasteiger partial charge in [-0.2, -0.15) is 0 Å². The predicted octanol–water partition coefficient (Wildman–Crippen LogP) is 3.59. The highest BCUT2D eigenvalue weighted by molar-refractivity contribution is 5.91. The number of methoxy groups -OCH3 is 1. The average Bonchev–Trinajstić information content (AvgIpc) is 2.47. The van der Waals surface area contributed by atoms with E-state index in [1.807, 2.05) is 55.5 Å². The number of rotatable bonds is 4. The van der Waals surface area contributed by atoms with Crippen molar-refractivity contribution >= 4 is 12.0 Å². The van der Waals surface area contributed by atoms with Crippen LogP contribution in [0.2, 0.25) is 0 Å². The fourth-order valence-electron chi connectivity index (χ4n) is 1.74. The summed E-state index contributed by atoms with van der Waals surface area (Å²) in [7, 11) is 1.33. The van der Waals surface area contributed by atoms with Crippen molar-refractivity contribution < 1.29 is 14.3 Å². The van der Waals surface area contributed by atoms with Crippen molar-refractivity contribution in [2.24, 2.45) is 0 Å². The van der Waals surface area contributed by atoms with Gasteiger partial charge in [0.2, 0.25) is 5.76 Å². The van der Waals surface area contributed by atoms with Crippen molar-refractivity contribution in [1.29, 1.82) is 0 Å². The Bertz CT molecular complexity index is 615. The van der Waals surface area contributed by atoms with Crippen LogP contribution in [0.1, 0.15) is 11.1 Å². The number of aryl methyl sites for hydroxylation is 1. The molecular formula is C17H16O3. The van der Waals surface area contributed by atoms with Crippen molar-refractivity contribution in [2.75, 3.05) is 7.11 Å². The van der Waals surface area contributed by atoms with Crippen molar-refractivity contribution in [1.82, 2.24) is 0 Å². The fraction of sp³-hybridized carbons (Fsp3) is 0.118. The molecular weight excluding hydrogens is 252 g/mol. The van der Waals surface area contributed by atoms with Gasteiger partial charge in [0.05, 0.1) is 7.11 Å². The van der Waals surface area contributed by atoms with Crippen molar-refractivity contribution in [3.63, 3.8) is 0 Å². The summed E-state index contributed by atoms with van der Waals surface area (Å²) in [4.78, 5) is 11.8. The quantitative estimate of drug-likeness (QED) is 0.483. The number of ether oxygens (including phenoxy) is 2. The molecule has 102 valence electrons. The van der Waals surface area contributed by atoms with Gasteiger partial charge in [0, 0.05) is 0 Å². The third kappa shape index (κ3) is 3.72. The smallest absolute Gasteiger partial charge is 0.373 e.